The summed E-state index contributed by atoms with van der Waals surface area (Å²) >= 11 is 0. The largest absolute Gasteiger partial charge is 0.466 e. The van der Waals surface area contributed by atoms with Crippen LogP contribution in [0.5, 0.6) is 0 Å². The van der Waals surface area contributed by atoms with Crippen LogP contribution in [-0.2, 0) is 9.53 Å². The third-order valence-corrected chi connectivity index (χ3v) is 2.26. The lowest BCUT2D eigenvalue weighted by Crippen LogP contribution is -2.08. The first kappa shape index (κ1) is 11.0. The molecule has 4 nitrogen and oxygen atoms in total. The molecule has 0 aliphatic carbocycles. The second kappa shape index (κ2) is 6.12. The average Bonchev–Trinajstić information content (AvgIpc) is 2.32. The van der Waals surface area contributed by atoms with Gasteiger partial charge < -0.3 is 15.6 Å². The van der Waals surface area contributed by atoms with E-state index < -0.39 is 6.10 Å². The number of para-hydroxylation sites is 1. The number of nitrogen functional groups attached to an aromatic ring is 1. The van der Waals surface area contributed by atoms with Crippen LogP contribution < -0.4 is 5.73 Å². The minimum Gasteiger partial charge on any atom is -0.466 e. The van der Waals surface area contributed by atoms with Crippen LogP contribution in [0.1, 0.15) is 31.4 Å². The van der Waals surface area contributed by atoms with E-state index in [4.69, 9.17) is 11.9 Å². The molecular formula is C12H17NO3. The smallest absolute Gasteiger partial charge is 0.305 e. The lowest BCUT2D eigenvalue weighted by atomic mass is 10.0. The minimum absolute atomic E-state index is 0.214. The molecule has 1 aromatic rings. The summed E-state index contributed by atoms with van der Waals surface area (Å²) in [7, 11) is 0. The van der Waals surface area contributed by atoms with Crippen molar-refractivity contribution in [3.8, 4) is 0 Å². The predicted octanol–water partition coefficient (Wildman–Crippen LogP) is 1.65. The van der Waals surface area contributed by atoms with Gasteiger partial charge in [0, 0.05) is 17.7 Å². The third-order valence-electron chi connectivity index (χ3n) is 2.26. The van der Waals surface area contributed by atoms with E-state index in [0.29, 0.717) is 18.7 Å². The normalized spacial score (nSPS) is 12.9. The topological polar surface area (TPSA) is 72.5 Å². The molecule has 1 aromatic carbocycles. The molecule has 0 aliphatic heterocycles. The second-order valence-corrected chi connectivity index (χ2v) is 3.46. The fourth-order valence-electron chi connectivity index (χ4n) is 1.44. The van der Waals surface area contributed by atoms with E-state index in [1.165, 1.54) is 0 Å². The Morgan fingerprint density at radius 1 is 1.62 bits per heavy atom. The number of aliphatic hydroxyl groups excluding tert-OH is 1. The molecule has 4 heteroatoms. The summed E-state index contributed by atoms with van der Waals surface area (Å²) in [5, 5.41) is 4.61. The summed E-state index contributed by atoms with van der Waals surface area (Å²) in [4.78, 5) is 11.2. The lowest BCUT2D eigenvalue weighted by Gasteiger charge is -2.12. The number of carbonyl (C=O) groups excluding carboxylic acids is 1. The van der Waals surface area contributed by atoms with Gasteiger partial charge in [0.05, 0.1) is 12.7 Å². The van der Waals surface area contributed by atoms with Gasteiger partial charge in [-0.05, 0) is 19.4 Å². The molecule has 1 atom stereocenters. The van der Waals surface area contributed by atoms with Gasteiger partial charge in [0.1, 0.15) is 0 Å². The number of nitrogens with two attached hydrogens (primary N) is 1. The molecule has 0 aromatic heterocycles. The fourth-order valence-corrected chi connectivity index (χ4v) is 1.44. The second-order valence-electron chi connectivity index (χ2n) is 3.46. The number of ether oxygens (including phenoxy) is 1. The fraction of sp³-hybridized carbons (Fsp3) is 0.417. The molecule has 0 spiro atoms. The minimum atomic E-state index is -0.499. The number of aliphatic hydroxyl groups is 1. The van der Waals surface area contributed by atoms with E-state index in [0.717, 1.165) is 5.56 Å². The van der Waals surface area contributed by atoms with Gasteiger partial charge in [-0.2, -0.15) is 0 Å². The van der Waals surface area contributed by atoms with Gasteiger partial charge in [-0.3, -0.25) is 4.79 Å². The first-order valence-corrected chi connectivity index (χ1v) is 5.31. The van der Waals surface area contributed by atoms with E-state index in [9.17, 15) is 4.79 Å². The first-order valence-electron chi connectivity index (χ1n) is 5.71. The number of esters is 1. The van der Waals surface area contributed by atoms with Crippen molar-refractivity contribution < 1.29 is 14.6 Å². The number of rotatable bonds is 6. The van der Waals surface area contributed by atoms with Crippen molar-refractivity contribution in [1.82, 2.24) is 0 Å². The summed E-state index contributed by atoms with van der Waals surface area (Å²) in [5.41, 5.74) is 7.07. The van der Waals surface area contributed by atoms with Crippen LogP contribution >= 0.6 is 0 Å². The third kappa shape index (κ3) is 3.55. The Hall–Kier alpha value is -1.55. The van der Waals surface area contributed by atoms with Crippen molar-refractivity contribution in [1.29, 1.82) is 1.43 Å². The highest BCUT2D eigenvalue weighted by Crippen LogP contribution is 2.23. The van der Waals surface area contributed by atoms with Crippen LogP contribution in [0.15, 0.2) is 24.3 Å². The molecule has 0 bridgehead atoms. The van der Waals surface area contributed by atoms with Crippen LogP contribution in [0.4, 0.5) is 5.69 Å². The van der Waals surface area contributed by atoms with Crippen LogP contribution in [0.2, 0.25) is 0 Å². The molecule has 0 aliphatic rings. The Morgan fingerprint density at radius 2 is 2.38 bits per heavy atom. The molecule has 0 saturated carbocycles. The molecule has 16 heavy (non-hydrogen) atoms. The molecule has 3 N–H and O–H groups in total. The number of hydrogen-bond acceptors (Lipinski definition) is 4. The Bertz CT molecular complexity index is 371. The number of benzene rings is 1. The van der Waals surface area contributed by atoms with Crippen molar-refractivity contribution >= 4 is 11.7 Å². The maximum Gasteiger partial charge on any atom is 0.305 e. The van der Waals surface area contributed by atoms with Gasteiger partial charge in [0.15, 0.2) is 0 Å². The number of carbonyl (C=O) groups is 1. The summed E-state index contributed by atoms with van der Waals surface area (Å²) in [6.45, 7) is 2.12. The van der Waals surface area contributed by atoms with Gasteiger partial charge in [-0.25, -0.2) is 0 Å². The molecule has 0 radical (unpaired) electrons. The highest BCUT2D eigenvalue weighted by Gasteiger charge is 2.12. The molecular weight excluding hydrogens is 206 g/mol. The predicted molar refractivity (Wildman–Crippen MR) is 61.7 cm³/mol. The van der Waals surface area contributed by atoms with Crippen molar-refractivity contribution in [2.24, 2.45) is 0 Å². The SMILES string of the molecule is [3H]OC(CCC(=O)OCC)c1ccccc1N. The van der Waals surface area contributed by atoms with Gasteiger partial charge in [-0.15, -0.1) is 0 Å². The summed E-state index contributed by atoms with van der Waals surface area (Å²) < 4.78 is 11.8. The Morgan fingerprint density at radius 3 is 3.00 bits per heavy atom. The zero-order valence-corrected chi connectivity index (χ0v) is 9.31. The zero-order chi connectivity index (χ0) is 12.7. The molecule has 0 saturated heterocycles. The Balaban J connectivity index is 2.60. The van der Waals surface area contributed by atoms with Gasteiger partial charge in [-0.1, -0.05) is 18.2 Å². The quantitative estimate of drug-likeness (QED) is 0.570. The summed E-state index contributed by atoms with van der Waals surface area (Å²) in [6.07, 6.45) is 0.100. The summed E-state index contributed by atoms with van der Waals surface area (Å²) in [6, 6.07) is 7.17. The number of anilines is 1. The lowest BCUT2D eigenvalue weighted by molar-refractivity contribution is -0.143. The van der Waals surface area contributed by atoms with Crippen molar-refractivity contribution in [3.63, 3.8) is 0 Å². The van der Waals surface area contributed by atoms with Gasteiger partial charge in [0.25, 0.3) is 0 Å². The molecule has 0 heterocycles. The maximum absolute atomic E-state index is 11.2. The van der Waals surface area contributed by atoms with E-state index >= 15 is 0 Å². The standard InChI is InChI=1S/C12H17NO3/c1-2-16-12(15)8-7-11(14)9-5-3-4-6-10(9)13/h3-6,11,14H,2,7-8,13H2,1H3/i14T. The molecule has 1 unspecified atom stereocenters. The van der Waals surface area contributed by atoms with Crippen LogP contribution in [-0.4, -0.2) is 19.1 Å². The molecule has 0 amide bonds. The van der Waals surface area contributed by atoms with Crippen molar-refractivity contribution in [2.75, 3.05) is 12.3 Å². The van der Waals surface area contributed by atoms with E-state index in [2.05, 4.69) is 5.11 Å². The highest BCUT2D eigenvalue weighted by atomic mass is 16.5. The highest BCUT2D eigenvalue weighted by molar-refractivity contribution is 5.69. The van der Waals surface area contributed by atoms with E-state index in [1.54, 1.807) is 19.1 Å². The Kier molecular flexibility index (Phi) is 4.19. The van der Waals surface area contributed by atoms with Crippen LogP contribution in [0.25, 0.3) is 0 Å². The van der Waals surface area contributed by atoms with Gasteiger partial charge in [0.2, 0.25) is 1.43 Å². The molecule has 0 fully saturated rings. The average molecular weight is 225 g/mol. The monoisotopic (exact) mass is 225 g/mol. The van der Waals surface area contributed by atoms with Gasteiger partial charge >= 0.3 is 5.97 Å². The van der Waals surface area contributed by atoms with Crippen LogP contribution in [0.3, 0.4) is 0 Å². The summed E-state index contributed by atoms with van der Waals surface area (Å²) in [5.74, 6) is -0.288. The van der Waals surface area contributed by atoms with E-state index in [-0.39, 0.29) is 12.4 Å². The van der Waals surface area contributed by atoms with E-state index in [1.807, 2.05) is 12.1 Å². The molecule has 88 valence electrons. The number of hydrogen-bond donors (Lipinski definition) is 2. The van der Waals surface area contributed by atoms with Crippen LogP contribution in [0, 0.1) is 0 Å². The Labute approximate surface area is 96.5 Å². The first-order chi connectivity index (χ1) is 8.19. The maximum atomic E-state index is 11.2. The van der Waals surface area contributed by atoms with Crippen molar-refractivity contribution in [3.05, 3.63) is 29.8 Å². The van der Waals surface area contributed by atoms with Crippen molar-refractivity contribution in [2.45, 2.75) is 25.9 Å². The molecule has 1 rings (SSSR count). The zero-order valence-electron chi connectivity index (χ0n) is 10.3.